The van der Waals surface area contributed by atoms with Crippen molar-refractivity contribution in [2.45, 2.75) is 141 Å². The van der Waals surface area contributed by atoms with Gasteiger partial charge in [-0.3, -0.25) is 9.13 Å². The van der Waals surface area contributed by atoms with Crippen molar-refractivity contribution in [3.8, 4) is 33.8 Å². The summed E-state index contributed by atoms with van der Waals surface area (Å²) in [5, 5.41) is -0.989. The van der Waals surface area contributed by atoms with Gasteiger partial charge >= 0.3 is 0 Å². The summed E-state index contributed by atoms with van der Waals surface area (Å²) in [6, 6.07) is 53.7. The quantitative estimate of drug-likeness (QED) is 0.0389. The Labute approximate surface area is 516 Å². The molecule has 0 fully saturated rings. The van der Waals surface area contributed by atoms with Crippen LogP contribution in [-0.2, 0) is 61.3 Å². The van der Waals surface area contributed by atoms with Crippen molar-refractivity contribution in [1.82, 2.24) is 0 Å². The minimum absolute atomic E-state index is 0.346. The van der Waals surface area contributed by atoms with Crippen LogP contribution in [0.5, 0.6) is 11.5 Å². The molecular weight excluding hydrogens is 1130 g/mol. The van der Waals surface area contributed by atoms with Gasteiger partial charge in [-0.2, -0.15) is 20.0 Å². The van der Waals surface area contributed by atoms with Crippen LogP contribution in [0.1, 0.15) is 152 Å². The molecule has 2 aliphatic rings. The first-order chi connectivity index (χ1) is 42.2. The largest absolute Gasteiger partial charge is 0.439 e. The summed E-state index contributed by atoms with van der Waals surface area (Å²) >= 11 is 0. The number of aliphatic imine (C=N–C) groups is 4. The van der Waals surface area contributed by atoms with Crippen molar-refractivity contribution in [1.29, 1.82) is 0 Å². The standard InChI is InChI=1S/C74H72N4O8P2/c1-11-39-73(13-3,45-50-41-53(33-35-62(50)75-46-79)71(7,8)87(83)68-29-21-17-25-57(68)55-23-15-19-27-66(55)85-87)59-42-51(31-36-63(59)76-47-80)70(5,6)52-32-37-64(77-48-81)60(43-52)74(14-4,40-12-2)61-44-54(34-38-65(61)78-49-82)72(9,10)88(84)69-30-22-18-26-58(69)56-24-16-20-28-67(56)86-88/h15-38,41-44H,11-14,39-40,45H2,1-10H3. The second-order valence-electron chi connectivity index (χ2n) is 24.7. The van der Waals surface area contributed by atoms with E-state index < -0.39 is 41.3 Å². The fourth-order valence-corrected chi connectivity index (χ4v) is 19.2. The van der Waals surface area contributed by atoms with Gasteiger partial charge in [0.15, 0.2) is 0 Å². The minimum Gasteiger partial charge on any atom is -0.439 e. The van der Waals surface area contributed by atoms with Crippen molar-refractivity contribution in [3.05, 3.63) is 214 Å². The molecule has 0 saturated heterocycles. The molecule has 10 rings (SSSR count). The van der Waals surface area contributed by atoms with E-state index in [0.29, 0.717) is 100 Å². The molecule has 0 aliphatic carbocycles. The van der Waals surface area contributed by atoms with Gasteiger partial charge in [-0.1, -0.05) is 176 Å². The van der Waals surface area contributed by atoms with E-state index in [2.05, 4.69) is 73.6 Å². The van der Waals surface area contributed by atoms with Gasteiger partial charge in [0.2, 0.25) is 24.3 Å². The van der Waals surface area contributed by atoms with Crippen molar-refractivity contribution in [2.75, 3.05) is 0 Å². The molecule has 0 amide bonds. The van der Waals surface area contributed by atoms with Crippen LogP contribution in [0, 0.1) is 0 Å². The molecule has 2 aliphatic heterocycles. The Morgan fingerprint density at radius 1 is 0.409 bits per heavy atom. The molecule has 4 atom stereocenters. The molecule has 14 heteroatoms. The predicted octanol–water partition coefficient (Wildman–Crippen LogP) is 18.9. The fourth-order valence-electron chi connectivity index (χ4n) is 13.9. The maximum Gasteiger partial charge on any atom is 0.287 e. The van der Waals surface area contributed by atoms with Crippen molar-refractivity contribution >= 4 is 72.4 Å². The highest BCUT2D eigenvalue weighted by atomic mass is 31.2. The zero-order valence-corrected chi connectivity index (χ0v) is 53.4. The van der Waals surface area contributed by atoms with E-state index in [4.69, 9.17) is 9.05 Å². The van der Waals surface area contributed by atoms with Crippen LogP contribution >= 0.6 is 14.7 Å². The number of carbonyl (C=O) groups excluding carboxylic acids is 4. The maximum absolute atomic E-state index is 16.0. The van der Waals surface area contributed by atoms with E-state index in [1.807, 2.05) is 185 Å². The molecule has 4 unspecified atom stereocenters. The van der Waals surface area contributed by atoms with Gasteiger partial charge in [0.25, 0.3) is 14.7 Å². The SMILES string of the molecule is CCCC(CC)(Cc1cc(C(C)(C)P2(=O)Oc3ccccc3-c3ccccc32)ccc1N=C=O)c1cc(C(C)(C)c2ccc(N=C=O)c(C(CC)(CCC)c3cc(C(C)(C)P4(=O)Oc5ccccc5-c5ccccc54)ccc3N=C=O)c2)ccc1N=C=O. The molecular formula is C74H72N4O8P2. The number of hydrogen-bond acceptors (Lipinski definition) is 12. The molecule has 8 aromatic carbocycles. The van der Waals surface area contributed by atoms with Crippen LogP contribution in [0.3, 0.4) is 0 Å². The average Bonchev–Trinajstić information content (AvgIpc) is 0.908. The zero-order valence-electron chi connectivity index (χ0n) is 51.6. The molecule has 2 heterocycles. The Bertz CT molecular complexity index is 4370. The van der Waals surface area contributed by atoms with Crippen LogP contribution in [-0.4, -0.2) is 24.3 Å². The van der Waals surface area contributed by atoms with Crippen LogP contribution in [0.25, 0.3) is 22.3 Å². The van der Waals surface area contributed by atoms with Gasteiger partial charge in [0.05, 0.1) is 43.7 Å². The number of para-hydroxylation sites is 2. The van der Waals surface area contributed by atoms with E-state index in [9.17, 15) is 19.2 Å². The molecule has 446 valence electrons. The van der Waals surface area contributed by atoms with Gasteiger partial charge in [-0.25, -0.2) is 19.2 Å². The molecule has 0 bridgehead atoms. The van der Waals surface area contributed by atoms with Crippen LogP contribution in [0.2, 0.25) is 0 Å². The summed E-state index contributed by atoms with van der Waals surface area (Å²) in [6.45, 7) is 20.3. The number of isocyanates is 4. The number of nitrogens with zero attached hydrogens (tertiary/aromatic N) is 4. The second-order valence-corrected chi connectivity index (χ2v) is 30.4. The molecule has 0 radical (unpaired) electrons. The lowest BCUT2D eigenvalue weighted by molar-refractivity contribution is 0.372. The summed E-state index contributed by atoms with van der Waals surface area (Å²) in [5.41, 5.74) is 8.63. The molecule has 0 aromatic heterocycles. The predicted molar refractivity (Wildman–Crippen MR) is 351 cm³/mol. The first-order valence-corrected chi connectivity index (χ1v) is 33.3. The van der Waals surface area contributed by atoms with Crippen LogP contribution < -0.4 is 19.7 Å². The second kappa shape index (κ2) is 24.5. The van der Waals surface area contributed by atoms with Crippen molar-refractivity contribution in [3.63, 3.8) is 0 Å². The van der Waals surface area contributed by atoms with Crippen LogP contribution in [0.15, 0.2) is 190 Å². The maximum atomic E-state index is 16.0. The van der Waals surface area contributed by atoms with Crippen molar-refractivity contribution < 1.29 is 37.4 Å². The van der Waals surface area contributed by atoms with Crippen molar-refractivity contribution in [2.24, 2.45) is 20.0 Å². The molecule has 12 nitrogen and oxygen atoms in total. The summed E-state index contributed by atoms with van der Waals surface area (Å²) < 4.78 is 45.2. The third-order valence-corrected chi connectivity index (χ3v) is 25.5. The highest BCUT2D eigenvalue weighted by molar-refractivity contribution is 7.69. The Kier molecular flexibility index (Phi) is 17.4. The van der Waals surface area contributed by atoms with Gasteiger partial charge in [0.1, 0.15) is 11.5 Å². The lowest BCUT2D eigenvalue weighted by atomic mass is 9.65. The topological polar surface area (TPSA) is 170 Å². The van der Waals surface area contributed by atoms with E-state index >= 15 is 9.13 Å². The van der Waals surface area contributed by atoms with Gasteiger partial charge < -0.3 is 9.05 Å². The molecule has 88 heavy (non-hydrogen) atoms. The highest BCUT2D eigenvalue weighted by Crippen LogP contribution is 2.68. The Morgan fingerprint density at radius 3 is 1.23 bits per heavy atom. The summed E-state index contributed by atoms with van der Waals surface area (Å²) in [4.78, 5) is 67.0. The van der Waals surface area contributed by atoms with Gasteiger partial charge in [-0.05, 0) is 164 Å². The smallest absolute Gasteiger partial charge is 0.287 e. The number of benzene rings is 8. The molecule has 8 aromatic rings. The summed E-state index contributed by atoms with van der Waals surface area (Å²) in [7, 11) is -7.50. The Hall–Kier alpha value is -8.66. The lowest BCUT2D eigenvalue weighted by Gasteiger charge is -2.41. The Morgan fingerprint density at radius 2 is 0.784 bits per heavy atom. The lowest BCUT2D eigenvalue weighted by Crippen LogP contribution is -2.32. The first kappa shape index (κ1) is 62.4. The molecule has 0 N–H and O–H groups in total. The number of fused-ring (bicyclic) bond motifs is 6. The van der Waals surface area contributed by atoms with E-state index in [-0.39, 0.29) is 0 Å². The first-order valence-electron chi connectivity index (χ1n) is 30.1. The van der Waals surface area contributed by atoms with E-state index in [1.165, 1.54) is 0 Å². The number of hydrogen-bond donors (Lipinski definition) is 0. The fraction of sp³-hybridized carbons (Fsp3) is 0.297. The third-order valence-electron chi connectivity index (χ3n) is 19.1. The van der Waals surface area contributed by atoms with Gasteiger partial charge in [0, 0.05) is 27.4 Å². The summed E-state index contributed by atoms with van der Waals surface area (Å²) in [6.07, 6.45) is 11.2. The van der Waals surface area contributed by atoms with E-state index in [0.717, 1.165) is 56.5 Å². The summed E-state index contributed by atoms with van der Waals surface area (Å²) in [5.74, 6) is 1.07. The van der Waals surface area contributed by atoms with Gasteiger partial charge in [-0.15, -0.1) is 0 Å². The van der Waals surface area contributed by atoms with Crippen LogP contribution in [0.4, 0.5) is 22.7 Å². The third kappa shape index (κ3) is 10.4. The normalized spacial score (nSPS) is 17.2. The molecule has 0 saturated carbocycles. The zero-order chi connectivity index (χ0) is 62.9. The van der Waals surface area contributed by atoms with E-state index in [1.54, 1.807) is 24.3 Å². The highest BCUT2D eigenvalue weighted by Gasteiger charge is 2.52. The molecule has 0 spiro atoms. The average molecular weight is 1210 g/mol. The monoisotopic (exact) mass is 1210 g/mol. The number of rotatable bonds is 21. The minimum atomic E-state index is -3.78. The Balaban J connectivity index is 1.10.